The Bertz CT molecular complexity index is 686. The van der Waals surface area contributed by atoms with Crippen molar-refractivity contribution in [2.75, 3.05) is 0 Å². The van der Waals surface area contributed by atoms with Crippen LogP contribution in [0.5, 0.6) is 5.75 Å². The lowest BCUT2D eigenvalue weighted by molar-refractivity contribution is 0.471. The highest BCUT2D eigenvalue weighted by Gasteiger charge is 1.98. The molecule has 3 N–H and O–H groups in total. The van der Waals surface area contributed by atoms with Gasteiger partial charge in [-0.3, -0.25) is 14.8 Å². The Labute approximate surface area is 101 Å². The monoisotopic (exact) mass is 246 g/mol. The van der Waals surface area contributed by atoms with Gasteiger partial charge in [-0.15, -0.1) is 10.2 Å². The van der Waals surface area contributed by atoms with Crippen molar-refractivity contribution in [2.24, 2.45) is 10.2 Å². The van der Waals surface area contributed by atoms with E-state index in [1.165, 1.54) is 6.07 Å². The van der Waals surface area contributed by atoms with E-state index in [1.807, 2.05) is 4.98 Å². The number of nitrogens with zero attached hydrogens (tertiary/aromatic N) is 2. The zero-order valence-electron chi connectivity index (χ0n) is 9.47. The van der Waals surface area contributed by atoms with E-state index in [0.29, 0.717) is 11.3 Å². The van der Waals surface area contributed by atoms with E-state index in [4.69, 9.17) is 0 Å². The SMILES string of the molecule is Cc1cc(N=Nc2cc(=O)[nH]c(=O)[nH]2)ccc1O. The standard InChI is InChI=1S/C11H10N4O3/c1-6-4-7(2-3-8(6)16)14-15-9-5-10(17)13-11(18)12-9/h2-5,16H,1H3,(H2,12,13,17,18). The highest BCUT2D eigenvalue weighted by atomic mass is 16.3. The van der Waals surface area contributed by atoms with Gasteiger partial charge in [0.25, 0.3) is 5.56 Å². The van der Waals surface area contributed by atoms with Crippen LogP contribution in [-0.2, 0) is 0 Å². The molecule has 0 aliphatic carbocycles. The number of aromatic hydroxyl groups is 1. The van der Waals surface area contributed by atoms with Gasteiger partial charge in [0.05, 0.1) is 5.69 Å². The van der Waals surface area contributed by atoms with Crippen molar-refractivity contribution >= 4 is 11.5 Å². The van der Waals surface area contributed by atoms with E-state index in [-0.39, 0.29) is 11.6 Å². The minimum atomic E-state index is -0.640. The molecule has 0 radical (unpaired) electrons. The van der Waals surface area contributed by atoms with Gasteiger partial charge >= 0.3 is 5.69 Å². The van der Waals surface area contributed by atoms with E-state index in [9.17, 15) is 14.7 Å². The summed E-state index contributed by atoms with van der Waals surface area (Å²) < 4.78 is 0. The maximum absolute atomic E-state index is 11.0. The van der Waals surface area contributed by atoms with Gasteiger partial charge in [-0.05, 0) is 30.7 Å². The molecule has 7 nitrogen and oxygen atoms in total. The fraction of sp³-hybridized carbons (Fsp3) is 0.0909. The second kappa shape index (κ2) is 4.66. The number of aromatic nitrogens is 2. The topological polar surface area (TPSA) is 111 Å². The van der Waals surface area contributed by atoms with E-state index in [0.717, 1.165) is 6.07 Å². The van der Waals surface area contributed by atoms with Gasteiger partial charge in [-0.1, -0.05) is 0 Å². The fourth-order valence-electron chi connectivity index (χ4n) is 1.32. The Morgan fingerprint density at radius 3 is 2.56 bits per heavy atom. The molecule has 0 aliphatic rings. The lowest BCUT2D eigenvalue weighted by atomic mass is 10.2. The highest BCUT2D eigenvalue weighted by Crippen LogP contribution is 2.23. The molecule has 0 amide bonds. The zero-order valence-corrected chi connectivity index (χ0v) is 9.47. The summed E-state index contributed by atoms with van der Waals surface area (Å²) in [5.41, 5.74) is -0.0230. The largest absolute Gasteiger partial charge is 0.508 e. The van der Waals surface area contributed by atoms with Gasteiger partial charge in [0.15, 0.2) is 5.82 Å². The van der Waals surface area contributed by atoms with Crippen LogP contribution in [0, 0.1) is 6.92 Å². The minimum absolute atomic E-state index is 0.0643. The van der Waals surface area contributed by atoms with Crippen LogP contribution in [0.3, 0.4) is 0 Å². The number of hydrogen-bond acceptors (Lipinski definition) is 5. The summed E-state index contributed by atoms with van der Waals surface area (Å²) in [5.74, 6) is 0.230. The molecular weight excluding hydrogens is 236 g/mol. The number of hydrogen-bond donors (Lipinski definition) is 3. The van der Waals surface area contributed by atoms with Crippen molar-refractivity contribution in [3.8, 4) is 5.75 Å². The first kappa shape index (κ1) is 11.8. The minimum Gasteiger partial charge on any atom is -0.508 e. The molecule has 0 saturated heterocycles. The van der Waals surface area contributed by atoms with Crippen LogP contribution in [0.2, 0.25) is 0 Å². The average Bonchev–Trinajstić information content (AvgIpc) is 2.29. The van der Waals surface area contributed by atoms with Crippen LogP contribution in [0.4, 0.5) is 11.5 Å². The highest BCUT2D eigenvalue weighted by molar-refractivity contribution is 5.46. The predicted octanol–water partition coefficient (Wildman–Crippen LogP) is 1.49. The summed E-state index contributed by atoms with van der Waals surface area (Å²) in [6, 6.07) is 5.81. The first-order valence-electron chi connectivity index (χ1n) is 5.09. The Hall–Kier alpha value is -2.70. The number of H-pyrrole nitrogens is 2. The molecule has 18 heavy (non-hydrogen) atoms. The number of aryl methyl sites for hydroxylation is 1. The third kappa shape index (κ3) is 2.70. The van der Waals surface area contributed by atoms with Crippen LogP contribution in [0.15, 0.2) is 44.1 Å². The van der Waals surface area contributed by atoms with Crippen LogP contribution in [0.25, 0.3) is 0 Å². The van der Waals surface area contributed by atoms with Gasteiger partial charge in [0, 0.05) is 6.07 Å². The molecule has 0 bridgehead atoms. The molecular formula is C11H10N4O3. The van der Waals surface area contributed by atoms with Gasteiger partial charge in [0.1, 0.15) is 5.75 Å². The van der Waals surface area contributed by atoms with E-state index >= 15 is 0 Å². The van der Waals surface area contributed by atoms with Gasteiger partial charge in [-0.25, -0.2) is 4.79 Å². The molecule has 92 valence electrons. The maximum atomic E-state index is 11.0. The molecule has 0 fully saturated rings. The molecule has 2 rings (SSSR count). The van der Waals surface area contributed by atoms with E-state index < -0.39 is 11.2 Å². The molecule has 2 aromatic rings. The van der Waals surface area contributed by atoms with Crippen molar-refractivity contribution in [1.29, 1.82) is 0 Å². The van der Waals surface area contributed by atoms with Crippen molar-refractivity contribution < 1.29 is 5.11 Å². The lowest BCUT2D eigenvalue weighted by Gasteiger charge is -1.98. The van der Waals surface area contributed by atoms with Crippen LogP contribution >= 0.6 is 0 Å². The summed E-state index contributed by atoms with van der Waals surface area (Å²) in [7, 11) is 0. The van der Waals surface area contributed by atoms with Crippen LogP contribution < -0.4 is 11.2 Å². The first-order chi connectivity index (χ1) is 8.54. The first-order valence-corrected chi connectivity index (χ1v) is 5.09. The predicted molar refractivity (Wildman–Crippen MR) is 64.7 cm³/mol. The number of rotatable bonds is 2. The zero-order chi connectivity index (χ0) is 13.1. The number of phenolic OH excluding ortho intramolecular Hbond substituents is 1. The summed E-state index contributed by atoms with van der Waals surface area (Å²) in [6.07, 6.45) is 0. The van der Waals surface area contributed by atoms with Crippen molar-refractivity contribution in [3.63, 3.8) is 0 Å². The molecule has 7 heteroatoms. The average molecular weight is 246 g/mol. The number of azo groups is 1. The Balaban J connectivity index is 2.32. The third-order valence-corrected chi connectivity index (χ3v) is 2.20. The molecule has 0 spiro atoms. The number of benzene rings is 1. The molecule has 0 aliphatic heterocycles. The summed E-state index contributed by atoms with van der Waals surface area (Å²) >= 11 is 0. The smallest absolute Gasteiger partial charge is 0.327 e. The molecule has 0 unspecified atom stereocenters. The van der Waals surface area contributed by atoms with Gasteiger partial charge < -0.3 is 5.11 Å². The molecule has 0 atom stereocenters. The van der Waals surface area contributed by atoms with Gasteiger partial charge in [0.2, 0.25) is 0 Å². The van der Waals surface area contributed by atoms with E-state index in [1.54, 1.807) is 19.1 Å². The molecule has 1 aromatic carbocycles. The summed E-state index contributed by atoms with van der Waals surface area (Å²) in [5, 5.41) is 16.9. The number of phenols is 1. The third-order valence-electron chi connectivity index (χ3n) is 2.20. The fourth-order valence-corrected chi connectivity index (χ4v) is 1.32. The van der Waals surface area contributed by atoms with Crippen molar-refractivity contribution in [3.05, 3.63) is 50.7 Å². The second-order valence-electron chi connectivity index (χ2n) is 3.64. The molecule has 1 aromatic heterocycles. The maximum Gasteiger partial charge on any atom is 0.327 e. The summed E-state index contributed by atoms with van der Waals surface area (Å²) in [6.45, 7) is 1.73. The quantitative estimate of drug-likeness (QED) is 0.698. The molecule has 1 heterocycles. The van der Waals surface area contributed by atoms with Gasteiger partial charge in [-0.2, -0.15) is 0 Å². The Morgan fingerprint density at radius 1 is 1.11 bits per heavy atom. The molecule has 0 saturated carbocycles. The van der Waals surface area contributed by atoms with E-state index in [2.05, 4.69) is 15.2 Å². The number of nitrogens with one attached hydrogen (secondary N) is 2. The van der Waals surface area contributed by atoms with Crippen LogP contribution in [0.1, 0.15) is 5.56 Å². The lowest BCUT2D eigenvalue weighted by Crippen LogP contribution is -2.20. The summed E-state index contributed by atoms with van der Waals surface area (Å²) in [4.78, 5) is 26.3. The Morgan fingerprint density at radius 2 is 1.89 bits per heavy atom. The number of aromatic amines is 2. The van der Waals surface area contributed by atoms with Crippen molar-refractivity contribution in [2.45, 2.75) is 6.92 Å². The van der Waals surface area contributed by atoms with Crippen LogP contribution in [-0.4, -0.2) is 15.1 Å². The normalized spacial score (nSPS) is 10.9. The van der Waals surface area contributed by atoms with Crippen molar-refractivity contribution in [1.82, 2.24) is 9.97 Å². The second-order valence-corrected chi connectivity index (χ2v) is 3.64. The Kier molecular flexibility index (Phi) is 3.05.